The maximum absolute atomic E-state index is 12.9. The van der Waals surface area contributed by atoms with Crippen LogP contribution in [0.3, 0.4) is 0 Å². The average molecular weight is 475 g/mol. The first kappa shape index (κ1) is 22.0. The smallest absolute Gasteiger partial charge is 0.333 e. The number of benzene rings is 1. The lowest BCUT2D eigenvalue weighted by molar-refractivity contribution is -0.143. The fourth-order valence-electron chi connectivity index (χ4n) is 5.50. The second kappa shape index (κ2) is 7.88. The Morgan fingerprint density at radius 2 is 1.67 bits per heavy atom. The molecule has 4 N–H and O–H groups in total. The molecule has 10 heteroatoms. The Morgan fingerprint density at radius 1 is 1.00 bits per heavy atom. The largest absolute Gasteiger partial charge is 0.481 e. The molecule has 176 valence electrons. The molecule has 33 heavy (non-hydrogen) atoms. The van der Waals surface area contributed by atoms with Crippen LogP contribution in [-0.2, 0) is 52.5 Å². The fourth-order valence-corrected chi connectivity index (χ4v) is 6.38. The number of amides is 2. The molecule has 1 aromatic carbocycles. The Kier molecular flexibility index (Phi) is 5.24. The van der Waals surface area contributed by atoms with Crippen molar-refractivity contribution in [1.82, 2.24) is 4.72 Å². The van der Waals surface area contributed by atoms with E-state index in [0.717, 1.165) is 61.4 Å². The number of aliphatic carboxylic acids is 1. The first-order valence-corrected chi connectivity index (χ1v) is 12.7. The average Bonchev–Trinajstić information content (AvgIpc) is 3.46. The number of hydrogen-bond donors (Lipinski definition) is 4. The monoisotopic (exact) mass is 474 g/mol. The summed E-state index contributed by atoms with van der Waals surface area (Å²) in [6, 6.07) is 2.47. The van der Waals surface area contributed by atoms with Gasteiger partial charge in [-0.25, -0.2) is 9.52 Å². The summed E-state index contributed by atoms with van der Waals surface area (Å²) in [6.07, 6.45) is 6.07. The van der Waals surface area contributed by atoms with Crippen LogP contribution in [0.4, 0.5) is 10.5 Å². The number of rotatable bonds is 5. The number of furan rings is 1. The maximum Gasteiger partial charge on any atom is 0.333 e. The molecule has 0 saturated carbocycles. The van der Waals surface area contributed by atoms with E-state index in [1.165, 1.54) is 11.1 Å². The Hall–Kier alpha value is -2.85. The van der Waals surface area contributed by atoms with Crippen LogP contribution < -0.4 is 10.0 Å². The van der Waals surface area contributed by atoms with E-state index in [1.54, 1.807) is 0 Å². The third kappa shape index (κ3) is 3.91. The van der Waals surface area contributed by atoms with E-state index >= 15 is 0 Å². The molecule has 2 aromatic rings. The first-order chi connectivity index (χ1) is 15.7. The van der Waals surface area contributed by atoms with Gasteiger partial charge in [0.2, 0.25) is 5.09 Å². The first-order valence-electron chi connectivity index (χ1n) is 11.2. The molecule has 0 spiro atoms. The van der Waals surface area contributed by atoms with Crippen LogP contribution in [0, 0.1) is 0 Å². The summed E-state index contributed by atoms with van der Waals surface area (Å²) in [5.74, 6) is -0.971. The second-order valence-electron chi connectivity index (χ2n) is 9.15. The molecule has 1 atom stereocenters. The van der Waals surface area contributed by atoms with Crippen LogP contribution in [0.2, 0.25) is 0 Å². The lowest BCUT2D eigenvalue weighted by Gasteiger charge is -2.29. The highest BCUT2D eigenvalue weighted by atomic mass is 32.2. The number of aliphatic hydroxyl groups is 1. The van der Waals surface area contributed by atoms with Gasteiger partial charge in [0.25, 0.3) is 10.0 Å². The summed E-state index contributed by atoms with van der Waals surface area (Å²) in [7, 11) is -4.37. The van der Waals surface area contributed by atoms with E-state index in [9.17, 15) is 23.1 Å². The number of fused-ring (bicyclic) bond motifs is 3. The molecule has 0 saturated heterocycles. The number of carbonyl (C=O) groups is 2. The minimum absolute atomic E-state index is 0.149. The predicted octanol–water partition coefficient (Wildman–Crippen LogP) is 2.77. The molecule has 2 amide bonds. The van der Waals surface area contributed by atoms with Gasteiger partial charge in [-0.2, -0.15) is 8.42 Å². The zero-order chi connectivity index (χ0) is 23.4. The number of sulfonamides is 1. The van der Waals surface area contributed by atoms with Crippen LogP contribution in [0.5, 0.6) is 0 Å². The predicted molar refractivity (Wildman–Crippen MR) is 118 cm³/mol. The highest BCUT2D eigenvalue weighted by Crippen LogP contribution is 2.41. The van der Waals surface area contributed by atoms with Gasteiger partial charge < -0.3 is 19.9 Å². The zero-order valence-corrected chi connectivity index (χ0v) is 18.9. The molecule has 5 rings (SSSR count). The number of carboxylic acid groups (broad SMARTS) is 1. The summed E-state index contributed by atoms with van der Waals surface area (Å²) in [6.45, 7) is 0. The number of anilines is 1. The van der Waals surface area contributed by atoms with Crippen molar-refractivity contribution >= 4 is 27.7 Å². The second-order valence-corrected chi connectivity index (χ2v) is 10.8. The van der Waals surface area contributed by atoms with Crippen molar-refractivity contribution in [2.24, 2.45) is 0 Å². The Bertz CT molecular complexity index is 1230. The van der Waals surface area contributed by atoms with Crippen molar-refractivity contribution in [1.29, 1.82) is 0 Å². The number of nitrogens with one attached hydrogen (secondary N) is 2. The zero-order valence-electron chi connectivity index (χ0n) is 18.1. The molecule has 0 fully saturated rings. The Morgan fingerprint density at radius 3 is 2.30 bits per heavy atom. The van der Waals surface area contributed by atoms with Gasteiger partial charge in [0, 0.05) is 23.7 Å². The lowest BCUT2D eigenvalue weighted by Crippen LogP contribution is -2.35. The Labute approximate surface area is 191 Å². The quantitative estimate of drug-likeness (QED) is 0.521. The van der Waals surface area contributed by atoms with Gasteiger partial charge in [0.05, 0.1) is 6.42 Å². The molecule has 0 radical (unpaired) electrons. The number of hydrogen-bond acceptors (Lipinski definition) is 6. The molecular formula is C23H26N2O7S. The molecule has 3 aliphatic rings. The van der Waals surface area contributed by atoms with E-state index < -0.39 is 39.1 Å². The highest BCUT2D eigenvalue weighted by molar-refractivity contribution is 7.89. The maximum atomic E-state index is 12.9. The molecule has 1 heterocycles. The summed E-state index contributed by atoms with van der Waals surface area (Å²) in [5, 5.41) is 22.2. The minimum Gasteiger partial charge on any atom is -0.481 e. The molecular weight excluding hydrogens is 448 g/mol. The highest BCUT2D eigenvalue weighted by Gasteiger charge is 2.41. The van der Waals surface area contributed by atoms with Crippen LogP contribution in [0.25, 0.3) is 0 Å². The number of aryl methyl sites for hydroxylation is 3. The van der Waals surface area contributed by atoms with Crippen LogP contribution in [0.15, 0.2) is 21.6 Å². The SMILES string of the molecule is O=C(O)CC1(O)CCCc2oc(S(=O)(=O)NC(=O)Nc3c4c(cc5c3CCC5)CCC4)cc21. The molecule has 0 aliphatic heterocycles. The van der Waals surface area contributed by atoms with Gasteiger partial charge in [-0.1, -0.05) is 6.07 Å². The molecule has 1 aromatic heterocycles. The normalized spacial score (nSPS) is 21.2. The van der Waals surface area contributed by atoms with E-state index in [4.69, 9.17) is 9.52 Å². The van der Waals surface area contributed by atoms with Gasteiger partial charge in [-0.3, -0.25) is 4.79 Å². The summed E-state index contributed by atoms with van der Waals surface area (Å²) in [4.78, 5) is 23.9. The van der Waals surface area contributed by atoms with Gasteiger partial charge in [-0.15, -0.1) is 0 Å². The van der Waals surface area contributed by atoms with Gasteiger partial charge >= 0.3 is 12.0 Å². The van der Waals surface area contributed by atoms with Gasteiger partial charge in [0.1, 0.15) is 11.4 Å². The van der Waals surface area contributed by atoms with Crippen molar-refractivity contribution in [2.45, 2.75) is 74.9 Å². The van der Waals surface area contributed by atoms with E-state index in [2.05, 4.69) is 11.4 Å². The molecule has 1 unspecified atom stereocenters. The van der Waals surface area contributed by atoms with Crippen molar-refractivity contribution in [3.05, 3.63) is 45.7 Å². The molecule has 9 nitrogen and oxygen atoms in total. The number of carboxylic acids is 1. The fraction of sp³-hybridized carbons (Fsp3) is 0.478. The standard InChI is InChI=1S/C23H26N2O7S/c26-19(27)12-23(29)9-3-8-18-17(23)11-20(32-18)33(30,31)25-22(28)24-21-15-6-1-4-13(15)10-14-5-2-7-16(14)21/h10-11,29H,1-9,12H2,(H,26,27)(H2,24,25,28). The number of carbonyl (C=O) groups excluding carboxylic acids is 1. The van der Waals surface area contributed by atoms with Crippen molar-refractivity contribution in [3.63, 3.8) is 0 Å². The van der Waals surface area contributed by atoms with Crippen LogP contribution in [-0.4, -0.2) is 30.6 Å². The topological polar surface area (TPSA) is 146 Å². The number of urea groups is 1. The third-order valence-corrected chi connectivity index (χ3v) is 8.11. The summed E-state index contributed by atoms with van der Waals surface area (Å²) in [5.41, 5.74) is 3.75. The van der Waals surface area contributed by atoms with Crippen molar-refractivity contribution in [3.8, 4) is 0 Å². The van der Waals surface area contributed by atoms with E-state index in [-0.39, 0.29) is 17.7 Å². The molecule has 0 bridgehead atoms. The molecule has 3 aliphatic carbocycles. The summed E-state index contributed by atoms with van der Waals surface area (Å²) >= 11 is 0. The van der Waals surface area contributed by atoms with Crippen molar-refractivity contribution < 1.29 is 32.6 Å². The van der Waals surface area contributed by atoms with Gasteiger partial charge in [-0.05, 0) is 73.6 Å². The lowest BCUT2D eigenvalue weighted by atomic mass is 9.81. The van der Waals surface area contributed by atoms with Crippen LogP contribution >= 0.6 is 0 Å². The third-order valence-electron chi connectivity index (χ3n) is 6.93. The minimum atomic E-state index is -4.37. The van der Waals surface area contributed by atoms with Crippen LogP contribution in [0.1, 0.15) is 65.7 Å². The summed E-state index contributed by atoms with van der Waals surface area (Å²) < 4.78 is 33.3. The van der Waals surface area contributed by atoms with Gasteiger partial charge in [0.15, 0.2) is 0 Å². The van der Waals surface area contributed by atoms with Crippen molar-refractivity contribution in [2.75, 3.05) is 5.32 Å². The van der Waals surface area contributed by atoms with E-state index in [0.29, 0.717) is 12.8 Å². The Balaban J connectivity index is 1.39. The van der Waals surface area contributed by atoms with E-state index in [1.807, 2.05) is 4.72 Å².